The molecule has 1 atom stereocenters. The van der Waals surface area contributed by atoms with E-state index < -0.39 is 23.9 Å². The lowest BCUT2D eigenvalue weighted by Gasteiger charge is -2.13. The highest BCUT2D eigenvalue weighted by Crippen LogP contribution is 2.38. The molecule has 0 bridgehead atoms. The van der Waals surface area contributed by atoms with Gasteiger partial charge in [-0.05, 0) is 56.0 Å². The first-order valence-electron chi connectivity index (χ1n) is 9.18. The molecule has 3 rings (SSSR count). The minimum atomic E-state index is -0.972. The predicted molar refractivity (Wildman–Crippen MR) is 116 cm³/mol. The number of halogens is 1. The molecule has 9 heteroatoms. The molecule has 1 aliphatic rings. The van der Waals surface area contributed by atoms with Crippen LogP contribution >= 0.6 is 34.7 Å². The Labute approximate surface area is 182 Å². The topological polar surface area (TPSA) is 98.5 Å². The number of primary amides is 1. The molecule has 2 aromatic rings. The number of thioether (sulfide) groups is 1. The molecule has 29 heavy (non-hydrogen) atoms. The van der Waals surface area contributed by atoms with Gasteiger partial charge in [-0.15, -0.1) is 23.1 Å². The van der Waals surface area contributed by atoms with Crippen LogP contribution in [-0.2, 0) is 27.2 Å². The first kappa shape index (κ1) is 21.7. The number of thiophene rings is 1. The van der Waals surface area contributed by atoms with E-state index in [9.17, 15) is 14.4 Å². The minimum absolute atomic E-state index is 0.171. The number of benzene rings is 1. The Balaban J connectivity index is 1.49. The maximum atomic E-state index is 12.4. The standard InChI is InChI=1S/C20H21ClN2O4S2/c1-11(27-16(24)9-10-28-13-7-5-12(21)6-8-13)19(26)23-20-17(18(22)25)14-3-2-4-15(14)29-20/h5-8,11H,2-4,9-10H2,1H3,(H2,22,25)(H,23,26). The summed E-state index contributed by atoms with van der Waals surface area (Å²) in [6, 6.07) is 7.33. The molecule has 2 amide bonds. The summed E-state index contributed by atoms with van der Waals surface area (Å²) in [5.41, 5.74) is 6.81. The van der Waals surface area contributed by atoms with Crippen molar-refractivity contribution < 1.29 is 19.1 Å². The van der Waals surface area contributed by atoms with Crippen LogP contribution in [0.4, 0.5) is 5.00 Å². The summed E-state index contributed by atoms with van der Waals surface area (Å²) in [6.45, 7) is 1.50. The molecule has 1 heterocycles. The van der Waals surface area contributed by atoms with Gasteiger partial charge in [0.15, 0.2) is 6.10 Å². The number of ether oxygens (including phenoxy) is 1. The van der Waals surface area contributed by atoms with Crippen LogP contribution in [0.5, 0.6) is 0 Å². The summed E-state index contributed by atoms with van der Waals surface area (Å²) in [5, 5.41) is 3.79. The Morgan fingerprint density at radius 1 is 1.28 bits per heavy atom. The number of anilines is 1. The highest BCUT2D eigenvalue weighted by Gasteiger charge is 2.27. The van der Waals surface area contributed by atoms with Crippen LogP contribution in [0.3, 0.4) is 0 Å². The summed E-state index contributed by atoms with van der Waals surface area (Å²) in [4.78, 5) is 38.3. The monoisotopic (exact) mass is 452 g/mol. The SMILES string of the molecule is CC(OC(=O)CCSc1ccc(Cl)cc1)C(=O)Nc1sc2c(c1C(N)=O)CCC2. The van der Waals surface area contributed by atoms with E-state index in [4.69, 9.17) is 22.1 Å². The third-order valence-electron chi connectivity index (χ3n) is 4.47. The number of nitrogens with one attached hydrogen (secondary N) is 1. The van der Waals surface area contributed by atoms with Crippen molar-refractivity contribution >= 4 is 57.5 Å². The predicted octanol–water partition coefficient (Wildman–Crippen LogP) is 4.04. The van der Waals surface area contributed by atoms with Crippen molar-refractivity contribution in [1.29, 1.82) is 0 Å². The van der Waals surface area contributed by atoms with Crippen LogP contribution in [0.1, 0.15) is 40.6 Å². The molecule has 0 radical (unpaired) electrons. The normalized spacial score (nSPS) is 13.6. The Hall–Kier alpha value is -2.03. The molecule has 154 valence electrons. The maximum absolute atomic E-state index is 12.4. The van der Waals surface area contributed by atoms with Crippen molar-refractivity contribution in [2.75, 3.05) is 11.1 Å². The fourth-order valence-corrected chi connectivity index (χ4v) is 5.32. The molecule has 1 aromatic carbocycles. The van der Waals surface area contributed by atoms with Gasteiger partial charge in [0.1, 0.15) is 5.00 Å². The summed E-state index contributed by atoms with van der Waals surface area (Å²) in [5.74, 6) is -0.967. The number of aryl methyl sites for hydroxylation is 1. The van der Waals surface area contributed by atoms with Crippen molar-refractivity contribution in [1.82, 2.24) is 0 Å². The molecule has 1 unspecified atom stereocenters. The van der Waals surface area contributed by atoms with E-state index in [1.165, 1.54) is 30.0 Å². The molecular formula is C20H21ClN2O4S2. The molecule has 0 spiro atoms. The van der Waals surface area contributed by atoms with Gasteiger partial charge < -0.3 is 15.8 Å². The van der Waals surface area contributed by atoms with Gasteiger partial charge in [0.25, 0.3) is 11.8 Å². The second-order valence-electron chi connectivity index (χ2n) is 6.60. The summed E-state index contributed by atoms with van der Waals surface area (Å²) in [7, 11) is 0. The second-order valence-corrected chi connectivity index (χ2v) is 9.31. The zero-order valence-electron chi connectivity index (χ0n) is 15.8. The van der Waals surface area contributed by atoms with Gasteiger partial charge in [0, 0.05) is 20.5 Å². The fraction of sp³-hybridized carbons (Fsp3) is 0.350. The van der Waals surface area contributed by atoms with Gasteiger partial charge in [-0.2, -0.15) is 0 Å². The lowest BCUT2D eigenvalue weighted by molar-refractivity contribution is -0.152. The van der Waals surface area contributed by atoms with E-state index in [1.54, 1.807) is 12.1 Å². The average Bonchev–Trinajstić information content (AvgIpc) is 3.23. The van der Waals surface area contributed by atoms with Crippen LogP contribution in [-0.4, -0.2) is 29.6 Å². The zero-order valence-corrected chi connectivity index (χ0v) is 18.2. The number of carbonyl (C=O) groups excluding carboxylic acids is 3. The molecule has 0 saturated heterocycles. The highest BCUT2D eigenvalue weighted by atomic mass is 35.5. The largest absolute Gasteiger partial charge is 0.453 e. The van der Waals surface area contributed by atoms with Gasteiger partial charge in [0.2, 0.25) is 0 Å². The second kappa shape index (κ2) is 9.65. The Bertz CT molecular complexity index is 927. The number of hydrogen-bond donors (Lipinski definition) is 2. The molecule has 0 saturated carbocycles. The third-order valence-corrected chi connectivity index (χ3v) is 6.94. The molecule has 0 fully saturated rings. The van der Waals surface area contributed by atoms with Crippen LogP contribution in [0.25, 0.3) is 0 Å². The smallest absolute Gasteiger partial charge is 0.307 e. The van der Waals surface area contributed by atoms with E-state index in [0.717, 1.165) is 34.6 Å². The number of amides is 2. The van der Waals surface area contributed by atoms with Crippen molar-refractivity contribution in [3.8, 4) is 0 Å². The first-order chi connectivity index (χ1) is 13.8. The number of hydrogen-bond acceptors (Lipinski definition) is 6. The Kier molecular flexibility index (Phi) is 7.21. The fourth-order valence-electron chi connectivity index (χ4n) is 3.06. The molecule has 6 nitrogen and oxygen atoms in total. The summed E-state index contributed by atoms with van der Waals surface area (Å²) >= 11 is 8.72. The maximum Gasteiger partial charge on any atom is 0.307 e. The van der Waals surface area contributed by atoms with Gasteiger partial charge in [-0.1, -0.05) is 11.6 Å². The lowest BCUT2D eigenvalue weighted by atomic mass is 10.1. The van der Waals surface area contributed by atoms with Crippen molar-refractivity contribution in [3.63, 3.8) is 0 Å². The molecule has 1 aliphatic carbocycles. The average molecular weight is 453 g/mol. The van der Waals surface area contributed by atoms with Crippen LogP contribution in [0.15, 0.2) is 29.2 Å². The van der Waals surface area contributed by atoms with E-state index in [1.807, 2.05) is 12.1 Å². The minimum Gasteiger partial charge on any atom is -0.453 e. The number of esters is 1. The van der Waals surface area contributed by atoms with Crippen molar-refractivity contribution in [2.24, 2.45) is 5.73 Å². The summed E-state index contributed by atoms with van der Waals surface area (Å²) in [6.07, 6.45) is 1.85. The van der Waals surface area contributed by atoms with E-state index in [0.29, 0.717) is 21.3 Å². The summed E-state index contributed by atoms with van der Waals surface area (Å²) < 4.78 is 5.22. The van der Waals surface area contributed by atoms with Gasteiger partial charge >= 0.3 is 5.97 Å². The van der Waals surface area contributed by atoms with Crippen molar-refractivity contribution in [2.45, 2.75) is 43.6 Å². The van der Waals surface area contributed by atoms with E-state index in [-0.39, 0.29) is 6.42 Å². The quantitative estimate of drug-likeness (QED) is 0.465. The van der Waals surface area contributed by atoms with Crippen LogP contribution < -0.4 is 11.1 Å². The number of rotatable bonds is 8. The Morgan fingerprint density at radius 2 is 2.00 bits per heavy atom. The van der Waals surface area contributed by atoms with Crippen LogP contribution in [0.2, 0.25) is 5.02 Å². The van der Waals surface area contributed by atoms with Crippen molar-refractivity contribution in [3.05, 3.63) is 45.3 Å². The van der Waals surface area contributed by atoms with Crippen LogP contribution in [0, 0.1) is 0 Å². The number of fused-ring (bicyclic) bond motifs is 1. The molecule has 0 aliphatic heterocycles. The number of nitrogens with two attached hydrogens (primary N) is 1. The third kappa shape index (κ3) is 5.52. The zero-order chi connectivity index (χ0) is 21.0. The molecule has 1 aromatic heterocycles. The van der Waals surface area contributed by atoms with E-state index >= 15 is 0 Å². The van der Waals surface area contributed by atoms with Gasteiger partial charge in [0.05, 0.1) is 12.0 Å². The van der Waals surface area contributed by atoms with Gasteiger partial charge in [-0.3, -0.25) is 14.4 Å². The number of carbonyl (C=O) groups is 3. The lowest BCUT2D eigenvalue weighted by Crippen LogP contribution is -2.30. The van der Waals surface area contributed by atoms with Gasteiger partial charge in [-0.25, -0.2) is 0 Å². The molecular weight excluding hydrogens is 432 g/mol. The first-order valence-corrected chi connectivity index (χ1v) is 11.4. The highest BCUT2D eigenvalue weighted by molar-refractivity contribution is 7.99. The van der Waals surface area contributed by atoms with E-state index in [2.05, 4.69) is 5.32 Å². The molecule has 3 N–H and O–H groups in total. The Morgan fingerprint density at radius 3 is 2.69 bits per heavy atom.